The fourth-order valence-corrected chi connectivity index (χ4v) is 4.04. The zero-order chi connectivity index (χ0) is 20.6. The molecule has 6 nitrogen and oxygen atoms in total. The first kappa shape index (κ1) is 19.4. The Morgan fingerprint density at radius 2 is 1.93 bits per heavy atom. The molecule has 1 N–H and O–H groups in total. The van der Waals surface area contributed by atoms with Gasteiger partial charge in [-0.2, -0.15) is 13.2 Å². The minimum Gasteiger partial charge on any atom is -0.474 e. The lowest BCUT2D eigenvalue weighted by Crippen LogP contribution is -2.41. The third-order valence-electron chi connectivity index (χ3n) is 4.54. The SMILES string of the molecule is CNC(=O)c1csc2c(C(F)(F)F)cc(OC3CC(Oc4ccccn4)C3)nc12. The van der Waals surface area contributed by atoms with Crippen LogP contribution in [-0.2, 0) is 6.18 Å². The van der Waals surface area contributed by atoms with E-state index in [9.17, 15) is 18.0 Å². The van der Waals surface area contributed by atoms with Gasteiger partial charge >= 0.3 is 6.18 Å². The zero-order valence-electron chi connectivity index (χ0n) is 15.2. The summed E-state index contributed by atoms with van der Waals surface area (Å²) in [5, 5.41) is 3.78. The molecule has 0 bridgehead atoms. The summed E-state index contributed by atoms with van der Waals surface area (Å²) in [6, 6.07) is 6.20. The molecule has 0 aliphatic heterocycles. The number of aromatic nitrogens is 2. The number of amides is 1. The molecule has 152 valence electrons. The number of hydrogen-bond donors (Lipinski definition) is 1. The highest BCUT2D eigenvalue weighted by atomic mass is 32.1. The number of alkyl halides is 3. The van der Waals surface area contributed by atoms with Gasteiger partial charge in [0.05, 0.1) is 21.3 Å². The number of nitrogens with one attached hydrogen (secondary N) is 1. The first-order valence-corrected chi connectivity index (χ1v) is 9.69. The van der Waals surface area contributed by atoms with Crippen molar-refractivity contribution in [2.24, 2.45) is 0 Å². The van der Waals surface area contributed by atoms with Crippen LogP contribution in [0.15, 0.2) is 35.8 Å². The standard InChI is InChI=1S/C19H16F3N3O3S/c1-23-18(26)12-9-29-17-13(19(20,21)22)8-15(25-16(12)17)28-11-6-10(7-11)27-14-4-2-3-5-24-14/h2-5,8-11H,6-7H2,1H3,(H,23,26). The molecule has 0 unspecified atom stereocenters. The van der Waals surface area contributed by atoms with Gasteiger partial charge in [-0.15, -0.1) is 11.3 Å². The molecule has 1 aliphatic rings. The van der Waals surface area contributed by atoms with Crippen molar-refractivity contribution in [1.82, 2.24) is 15.3 Å². The first-order valence-electron chi connectivity index (χ1n) is 8.81. The lowest BCUT2D eigenvalue weighted by atomic mass is 9.92. The van der Waals surface area contributed by atoms with Crippen LogP contribution in [0.4, 0.5) is 13.2 Å². The number of hydrogen-bond acceptors (Lipinski definition) is 6. The highest BCUT2D eigenvalue weighted by Gasteiger charge is 2.37. The first-order chi connectivity index (χ1) is 13.8. The normalized spacial score (nSPS) is 18.9. The maximum absolute atomic E-state index is 13.5. The summed E-state index contributed by atoms with van der Waals surface area (Å²) in [6.07, 6.45) is -2.41. The van der Waals surface area contributed by atoms with Crippen LogP contribution in [0.1, 0.15) is 28.8 Å². The van der Waals surface area contributed by atoms with E-state index in [1.54, 1.807) is 24.4 Å². The summed E-state index contributed by atoms with van der Waals surface area (Å²) in [6.45, 7) is 0. The number of fused-ring (bicyclic) bond motifs is 1. The van der Waals surface area contributed by atoms with Gasteiger partial charge in [-0.25, -0.2) is 9.97 Å². The van der Waals surface area contributed by atoms with E-state index in [2.05, 4.69) is 15.3 Å². The average Bonchev–Trinajstić information content (AvgIpc) is 3.09. The zero-order valence-corrected chi connectivity index (χ0v) is 16.0. The van der Waals surface area contributed by atoms with Crippen molar-refractivity contribution in [3.8, 4) is 11.8 Å². The highest BCUT2D eigenvalue weighted by molar-refractivity contribution is 7.17. The molecule has 1 amide bonds. The smallest absolute Gasteiger partial charge is 0.418 e. The van der Waals surface area contributed by atoms with E-state index in [0.717, 1.165) is 17.4 Å². The fourth-order valence-electron chi connectivity index (χ4n) is 3.02. The number of pyridine rings is 2. The molecular formula is C19H16F3N3O3S. The maximum Gasteiger partial charge on any atom is 0.418 e. The van der Waals surface area contributed by atoms with Crippen LogP contribution in [-0.4, -0.2) is 35.1 Å². The van der Waals surface area contributed by atoms with Crippen LogP contribution in [0.3, 0.4) is 0 Å². The summed E-state index contributed by atoms with van der Waals surface area (Å²) in [7, 11) is 1.41. The summed E-state index contributed by atoms with van der Waals surface area (Å²) in [5.74, 6) is -0.167. The second-order valence-corrected chi connectivity index (χ2v) is 7.41. The second-order valence-electron chi connectivity index (χ2n) is 6.53. The van der Waals surface area contributed by atoms with Gasteiger partial charge in [-0.3, -0.25) is 4.79 Å². The van der Waals surface area contributed by atoms with Crippen molar-refractivity contribution in [3.05, 3.63) is 47.0 Å². The predicted octanol–water partition coefficient (Wildman–Crippen LogP) is 4.06. The molecule has 0 saturated heterocycles. The molecule has 1 saturated carbocycles. The van der Waals surface area contributed by atoms with E-state index >= 15 is 0 Å². The van der Waals surface area contributed by atoms with E-state index in [4.69, 9.17) is 9.47 Å². The van der Waals surface area contributed by atoms with E-state index in [-0.39, 0.29) is 33.9 Å². The van der Waals surface area contributed by atoms with Gasteiger partial charge in [0.15, 0.2) is 0 Å². The van der Waals surface area contributed by atoms with Crippen LogP contribution >= 0.6 is 11.3 Å². The lowest BCUT2D eigenvalue weighted by Gasteiger charge is -2.34. The fraction of sp³-hybridized carbons (Fsp3) is 0.316. The van der Waals surface area contributed by atoms with Crippen molar-refractivity contribution in [2.75, 3.05) is 7.05 Å². The van der Waals surface area contributed by atoms with Gasteiger partial charge in [-0.1, -0.05) is 6.07 Å². The third-order valence-corrected chi connectivity index (χ3v) is 5.54. The van der Waals surface area contributed by atoms with Crippen LogP contribution in [0, 0.1) is 0 Å². The van der Waals surface area contributed by atoms with Crippen molar-refractivity contribution in [3.63, 3.8) is 0 Å². The van der Waals surface area contributed by atoms with Gasteiger partial charge < -0.3 is 14.8 Å². The van der Waals surface area contributed by atoms with Crippen molar-refractivity contribution >= 4 is 27.5 Å². The van der Waals surface area contributed by atoms with Gasteiger partial charge in [0, 0.05) is 43.6 Å². The summed E-state index contributed by atoms with van der Waals surface area (Å²) < 4.78 is 51.8. The van der Waals surface area contributed by atoms with Crippen LogP contribution in [0.2, 0.25) is 0 Å². The van der Waals surface area contributed by atoms with Gasteiger partial charge in [0.1, 0.15) is 12.2 Å². The minimum atomic E-state index is -4.59. The Morgan fingerprint density at radius 3 is 2.55 bits per heavy atom. The quantitative estimate of drug-likeness (QED) is 0.670. The molecule has 0 aromatic carbocycles. The molecule has 3 aromatic rings. The molecule has 1 aliphatic carbocycles. The topological polar surface area (TPSA) is 73.3 Å². The number of thiophene rings is 1. The Kier molecular flexibility index (Phi) is 5.03. The van der Waals surface area contributed by atoms with Crippen molar-refractivity contribution in [1.29, 1.82) is 0 Å². The number of carbonyl (C=O) groups excluding carboxylic acids is 1. The molecule has 3 aromatic heterocycles. The largest absolute Gasteiger partial charge is 0.474 e. The summed E-state index contributed by atoms with van der Waals surface area (Å²) in [5.41, 5.74) is -0.786. The number of rotatable bonds is 5. The number of nitrogens with zero attached hydrogens (tertiary/aromatic N) is 2. The van der Waals surface area contributed by atoms with Crippen LogP contribution in [0.5, 0.6) is 11.8 Å². The Labute approximate surface area is 167 Å². The van der Waals surface area contributed by atoms with E-state index < -0.39 is 17.6 Å². The van der Waals surface area contributed by atoms with Crippen LogP contribution in [0.25, 0.3) is 10.2 Å². The number of halogens is 3. The van der Waals surface area contributed by atoms with Crippen molar-refractivity contribution < 1.29 is 27.4 Å². The second kappa shape index (κ2) is 7.51. The summed E-state index contributed by atoms with van der Waals surface area (Å²) in [4.78, 5) is 20.2. The van der Waals surface area contributed by atoms with Gasteiger partial charge in [-0.05, 0) is 6.07 Å². The van der Waals surface area contributed by atoms with Gasteiger partial charge in [0.25, 0.3) is 5.91 Å². The van der Waals surface area contributed by atoms with Gasteiger partial charge in [0.2, 0.25) is 11.8 Å². The summed E-state index contributed by atoms with van der Waals surface area (Å²) >= 11 is 0.834. The van der Waals surface area contributed by atoms with E-state index in [1.807, 2.05) is 0 Å². The number of ether oxygens (including phenoxy) is 2. The predicted molar refractivity (Wildman–Crippen MR) is 100 cm³/mol. The maximum atomic E-state index is 13.5. The molecule has 10 heteroatoms. The van der Waals surface area contributed by atoms with Crippen LogP contribution < -0.4 is 14.8 Å². The lowest BCUT2D eigenvalue weighted by molar-refractivity contribution is -0.136. The highest BCUT2D eigenvalue weighted by Crippen LogP contribution is 2.41. The molecule has 29 heavy (non-hydrogen) atoms. The van der Waals surface area contributed by atoms with E-state index in [0.29, 0.717) is 18.7 Å². The average molecular weight is 423 g/mol. The molecule has 0 radical (unpaired) electrons. The Hall–Kier alpha value is -2.88. The monoisotopic (exact) mass is 423 g/mol. The minimum absolute atomic E-state index is 0.0141. The Morgan fingerprint density at radius 1 is 1.21 bits per heavy atom. The van der Waals surface area contributed by atoms with Crippen molar-refractivity contribution in [2.45, 2.75) is 31.2 Å². The molecule has 0 spiro atoms. The Bertz CT molecular complexity index is 1030. The molecular weight excluding hydrogens is 407 g/mol. The third kappa shape index (κ3) is 3.98. The molecule has 0 atom stereocenters. The number of carbonyl (C=O) groups is 1. The van der Waals surface area contributed by atoms with E-state index in [1.165, 1.54) is 12.4 Å². The Balaban J connectivity index is 1.54. The molecule has 3 heterocycles. The molecule has 4 rings (SSSR count). The molecule has 1 fully saturated rings.